The van der Waals surface area contributed by atoms with Crippen LogP contribution in [0.5, 0.6) is 0 Å². The molecule has 3 N–H and O–H groups in total. The summed E-state index contributed by atoms with van der Waals surface area (Å²) in [5.74, 6) is -2.20. The van der Waals surface area contributed by atoms with E-state index in [1.54, 1.807) is 0 Å². The number of ether oxygens (including phenoxy) is 1. The van der Waals surface area contributed by atoms with Gasteiger partial charge in [-0.25, -0.2) is 9.59 Å². The van der Waals surface area contributed by atoms with Crippen LogP contribution in [0.1, 0.15) is 63.4 Å². The van der Waals surface area contributed by atoms with Crippen molar-refractivity contribution in [1.29, 1.82) is 0 Å². The Morgan fingerprint density at radius 2 is 1.71 bits per heavy atom. The van der Waals surface area contributed by atoms with Crippen LogP contribution in [-0.2, 0) is 40.2 Å². The van der Waals surface area contributed by atoms with Crippen molar-refractivity contribution < 1.29 is 47.2 Å². The highest BCUT2D eigenvalue weighted by molar-refractivity contribution is 8.13. The zero-order valence-electron chi connectivity index (χ0n) is 22.9. The quantitative estimate of drug-likeness (QED) is 0.131. The van der Waals surface area contributed by atoms with E-state index in [1.807, 2.05) is 0 Å². The average Bonchev–Trinajstić information content (AvgIpc) is 3.40. The van der Waals surface area contributed by atoms with Crippen molar-refractivity contribution in [3.63, 3.8) is 0 Å². The van der Waals surface area contributed by atoms with Crippen LogP contribution in [-0.4, -0.2) is 64.8 Å². The Labute approximate surface area is 239 Å². The Balaban J connectivity index is 1.82. The molecule has 1 aromatic heterocycles. The van der Waals surface area contributed by atoms with E-state index in [2.05, 4.69) is 26.9 Å². The lowest BCUT2D eigenvalue weighted by Gasteiger charge is -2.22. The predicted octanol–water partition coefficient (Wildman–Crippen LogP) is 1.19. The summed E-state index contributed by atoms with van der Waals surface area (Å²) in [5.41, 5.74) is 0. The van der Waals surface area contributed by atoms with E-state index in [-0.39, 0.29) is 67.8 Å². The monoisotopic (exact) mass is 598 g/mol. The largest absolute Gasteiger partial charge is 0.519 e. The highest BCUT2D eigenvalue weighted by atomic mass is 32.2. The molecule has 226 valence electrons. The number of hydrogen-bond donors (Lipinski definition) is 3. The second-order valence-electron chi connectivity index (χ2n) is 8.91. The molecule has 0 aliphatic carbocycles. The molecule has 15 nitrogen and oxygen atoms in total. The molecule has 41 heavy (non-hydrogen) atoms. The normalized spacial score (nSPS) is 13.5. The molecule has 5 amide bonds. The Morgan fingerprint density at radius 1 is 1.02 bits per heavy atom. The Bertz CT molecular complexity index is 1180. The molecule has 0 aromatic carbocycles. The van der Waals surface area contributed by atoms with Gasteiger partial charge in [-0.05, 0) is 19.8 Å². The number of rotatable bonds is 17. The number of hydroxylamine groups is 2. The standard InChI is InChI=1S/C25H34N4O11S/c1-15(40-29-21(32)8-9-22(29)33)13-18(28-20(31)7-5-4-6-12-41-17(3)30)23(34)26-10-11-27-24(35)37-14-19-16(2)38-25(36)39-19/h18H,1,4-14H2,2-3H3,(H,26,34)(H,27,35)(H,28,31)/t18-/m0/s1. The van der Waals surface area contributed by atoms with Gasteiger partial charge in [-0.3, -0.25) is 24.0 Å². The molecule has 1 aromatic rings. The van der Waals surface area contributed by atoms with Gasteiger partial charge < -0.3 is 34.4 Å². The van der Waals surface area contributed by atoms with E-state index in [0.29, 0.717) is 23.7 Å². The molecule has 1 aliphatic heterocycles. The van der Waals surface area contributed by atoms with E-state index < -0.39 is 41.6 Å². The summed E-state index contributed by atoms with van der Waals surface area (Å²) in [6, 6.07) is -1.14. The van der Waals surface area contributed by atoms with Crippen LogP contribution in [0.2, 0.25) is 0 Å². The molecule has 1 atom stereocenters. The van der Waals surface area contributed by atoms with Crippen molar-refractivity contribution in [3.05, 3.63) is 34.5 Å². The van der Waals surface area contributed by atoms with E-state index in [9.17, 15) is 33.6 Å². The highest BCUT2D eigenvalue weighted by Gasteiger charge is 2.32. The maximum atomic E-state index is 12.9. The van der Waals surface area contributed by atoms with E-state index in [4.69, 9.17) is 14.0 Å². The van der Waals surface area contributed by atoms with Gasteiger partial charge in [-0.2, -0.15) is 0 Å². The fraction of sp³-hybridized carbons (Fsp3) is 0.560. The number of nitrogens with zero attached hydrogens (tertiary/aromatic N) is 1. The van der Waals surface area contributed by atoms with Crippen molar-refractivity contribution in [2.24, 2.45) is 0 Å². The van der Waals surface area contributed by atoms with Crippen molar-refractivity contribution in [2.75, 3.05) is 18.8 Å². The van der Waals surface area contributed by atoms with Gasteiger partial charge in [-0.1, -0.05) is 24.8 Å². The molecular formula is C25H34N4O11S. The van der Waals surface area contributed by atoms with Gasteiger partial charge in [0.2, 0.25) is 11.8 Å². The zero-order valence-corrected chi connectivity index (χ0v) is 23.7. The minimum Gasteiger partial charge on any atom is -0.441 e. The van der Waals surface area contributed by atoms with E-state index in [0.717, 1.165) is 6.42 Å². The van der Waals surface area contributed by atoms with Crippen molar-refractivity contribution in [3.8, 4) is 0 Å². The van der Waals surface area contributed by atoms with Crippen LogP contribution in [0, 0.1) is 6.92 Å². The van der Waals surface area contributed by atoms with Crippen LogP contribution < -0.4 is 21.8 Å². The number of aryl methyl sites for hydroxylation is 1. The summed E-state index contributed by atoms with van der Waals surface area (Å²) < 4.78 is 14.3. The van der Waals surface area contributed by atoms with Crippen molar-refractivity contribution >= 4 is 46.6 Å². The van der Waals surface area contributed by atoms with Gasteiger partial charge in [-0.15, -0.1) is 5.06 Å². The molecule has 2 rings (SSSR count). The summed E-state index contributed by atoms with van der Waals surface area (Å²) in [7, 11) is 0. The number of nitrogens with one attached hydrogen (secondary N) is 3. The predicted molar refractivity (Wildman–Crippen MR) is 143 cm³/mol. The molecular weight excluding hydrogens is 564 g/mol. The van der Waals surface area contributed by atoms with E-state index >= 15 is 0 Å². The summed E-state index contributed by atoms with van der Waals surface area (Å²) in [4.78, 5) is 88.1. The van der Waals surface area contributed by atoms with Gasteiger partial charge in [0.1, 0.15) is 11.8 Å². The van der Waals surface area contributed by atoms with Gasteiger partial charge in [0.25, 0.3) is 11.8 Å². The first kappa shape index (κ1) is 33.1. The lowest BCUT2D eigenvalue weighted by atomic mass is 10.1. The van der Waals surface area contributed by atoms with Gasteiger partial charge in [0, 0.05) is 51.4 Å². The smallest absolute Gasteiger partial charge is 0.441 e. The van der Waals surface area contributed by atoms with Gasteiger partial charge in [0.05, 0.1) is 0 Å². The number of unbranched alkanes of at least 4 members (excludes halogenated alkanes) is 2. The summed E-state index contributed by atoms with van der Waals surface area (Å²) >= 11 is 1.22. The third kappa shape index (κ3) is 12.3. The second kappa shape index (κ2) is 16.9. The maximum absolute atomic E-state index is 12.9. The maximum Gasteiger partial charge on any atom is 0.519 e. The fourth-order valence-electron chi connectivity index (χ4n) is 3.47. The average molecular weight is 599 g/mol. The Kier molecular flexibility index (Phi) is 13.6. The highest BCUT2D eigenvalue weighted by Crippen LogP contribution is 2.17. The van der Waals surface area contributed by atoms with Crippen LogP contribution in [0.15, 0.2) is 26.0 Å². The first-order chi connectivity index (χ1) is 19.5. The first-order valence-electron chi connectivity index (χ1n) is 12.9. The number of imide groups is 1. The molecule has 1 fully saturated rings. The number of hydrogen-bond acceptors (Lipinski definition) is 12. The molecule has 1 aliphatic rings. The van der Waals surface area contributed by atoms with Crippen molar-refractivity contribution in [2.45, 2.75) is 71.4 Å². The van der Waals surface area contributed by atoms with Crippen LogP contribution in [0.4, 0.5) is 4.79 Å². The van der Waals surface area contributed by atoms with Gasteiger partial charge >= 0.3 is 11.9 Å². The third-order valence-electron chi connectivity index (χ3n) is 5.53. The second-order valence-corrected chi connectivity index (χ2v) is 10.2. The number of carbonyl (C=O) groups excluding carboxylic acids is 6. The van der Waals surface area contributed by atoms with Crippen LogP contribution >= 0.6 is 11.8 Å². The molecule has 0 unspecified atom stereocenters. The van der Waals surface area contributed by atoms with Crippen LogP contribution in [0.3, 0.4) is 0 Å². The molecule has 0 bridgehead atoms. The van der Waals surface area contributed by atoms with E-state index in [1.165, 1.54) is 25.6 Å². The fourth-order valence-corrected chi connectivity index (χ4v) is 4.11. The molecule has 0 saturated carbocycles. The number of amides is 5. The molecule has 0 spiro atoms. The Morgan fingerprint density at radius 3 is 2.34 bits per heavy atom. The molecule has 16 heteroatoms. The minimum atomic E-state index is -1.14. The Hall–Kier alpha value is -4.08. The topological polar surface area (TPSA) is 204 Å². The lowest BCUT2D eigenvalue weighted by molar-refractivity contribution is -0.177. The lowest BCUT2D eigenvalue weighted by Crippen LogP contribution is -2.48. The number of alkyl carbamates (subject to hydrolysis) is 1. The molecule has 1 saturated heterocycles. The zero-order chi connectivity index (χ0) is 30.4. The molecule has 0 radical (unpaired) electrons. The summed E-state index contributed by atoms with van der Waals surface area (Å²) in [6.45, 7) is 6.22. The first-order valence-corrected chi connectivity index (χ1v) is 13.9. The third-order valence-corrected chi connectivity index (χ3v) is 6.43. The molecule has 2 heterocycles. The van der Waals surface area contributed by atoms with Crippen molar-refractivity contribution in [1.82, 2.24) is 21.0 Å². The number of thioether (sulfide) groups is 1. The summed E-state index contributed by atoms with van der Waals surface area (Å²) in [6.07, 6.45) is 1.09. The van der Waals surface area contributed by atoms with Gasteiger partial charge in [0.15, 0.2) is 23.2 Å². The minimum absolute atomic E-state index is 0.00323. The summed E-state index contributed by atoms with van der Waals surface area (Å²) in [5, 5.41) is 8.19. The number of carbonyl (C=O) groups is 6. The SMILES string of the molecule is C=C(C[C@H](NC(=O)CCCCCSC(C)=O)C(=O)NCCNC(=O)OCc1oc(=O)oc1C)ON1C(=O)CCC1=O. The van der Waals surface area contributed by atoms with Crippen LogP contribution in [0.25, 0.3) is 0 Å².